The van der Waals surface area contributed by atoms with Crippen LogP contribution in [-0.2, 0) is 9.53 Å². The summed E-state index contributed by atoms with van der Waals surface area (Å²) >= 11 is 0. The average molecular weight is 327 g/mol. The standard InChI is InChI=1S/C17H23F2NO3/c1-11-5-7-17(8-6-11,16(22)23-2)20-10-15(21)13-4-3-12(18)9-14(13)19/h3-4,9,11,15,20-21H,5-8,10H2,1-2H3. The summed E-state index contributed by atoms with van der Waals surface area (Å²) < 4.78 is 31.6. The first-order valence-corrected chi connectivity index (χ1v) is 7.84. The number of β-amino-alcohol motifs (C(OH)–C–C–N with tert-alkyl or cyclic N) is 1. The third kappa shape index (κ3) is 4.06. The lowest BCUT2D eigenvalue weighted by Crippen LogP contribution is -2.55. The SMILES string of the molecule is COC(=O)C1(NCC(O)c2ccc(F)cc2F)CCC(C)CC1. The molecule has 128 valence electrons. The quantitative estimate of drug-likeness (QED) is 0.817. The number of hydrogen-bond donors (Lipinski definition) is 2. The van der Waals surface area contributed by atoms with Crippen LogP contribution in [0.15, 0.2) is 18.2 Å². The number of hydrogen-bond acceptors (Lipinski definition) is 4. The van der Waals surface area contributed by atoms with E-state index in [1.54, 1.807) is 0 Å². The smallest absolute Gasteiger partial charge is 0.326 e. The molecule has 2 N–H and O–H groups in total. The van der Waals surface area contributed by atoms with Crippen LogP contribution in [0, 0.1) is 17.6 Å². The highest BCUT2D eigenvalue weighted by molar-refractivity contribution is 5.80. The Hall–Kier alpha value is -1.53. The van der Waals surface area contributed by atoms with E-state index in [-0.39, 0.29) is 18.1 Å². The zero-order valence-corrected chi connectivity index (χ0v) is 13.4. The molecule has 1 atom stereocenters. The van der Waals surface area contributed by atoms with Crippen LogP contribution in [-0.4, -0.2) is 30.3 Å². The maximum absolute atomic E-state index is 13.7. The van der Waals surface area contributed by atoms with Gasteiger partial charge in [-0.1, -0.05) is 13.0 Å². The lowest BCUT2D eigenvalue weighted by Gasteiger charge is -2.38. The monoisotopic (exact) mass is 327 g/mol. The van der Waals surface area contributed by atoms with Gasteiger partial charge < -0.3 is 9.84 Å². The molecule has 0 radical (unpaired) electrons. The van der Waals surface area contributed by atoms with Crippen molar-refractivity contribution >= 4 is 5.97 Å². The molecule has 2 rings (SSSR count). The number of ether oxygens (including phenoxy) is 1. The van der Waals surface area contributed by atoms with Crippen LogP contribution in [0.4, 0.5) is 8.78 Å². The number of rotatable bonds is 5. The van der Waals surface area contributed by atoms with Gasteiger partial charge in [0.2, 0.25) is 0 Å². The molecule has 1 fully saturated rings. The Morgan fingerprint density at radius 1 is 1.43 bits per heavy atom. The first-order chi connectivity index (χ1) is 10.9. The summed E-state index contributed by atoms with van der Waals surface area (Å²) in [6.45, 7) is 2.12. The lowest BCUT2D eigenvalue weighted by atomic mass is 9.77. The molecule has 0 aromatic heterocycles. The van der Waals surface area contributed by atoms with Crippen molar-refractivity contribution in [1.29, 1.82) is 0 Å². The Kier molecular flexibility index (Phi) is 5.70. The number of carbonyl (C=O) groups excluding carboxylic acids is 1. The molecule has 4 nitrogen and oxygen atoms in total. The van der Waals surface area contributed by atoms with Crippen molar-refractivity contribution in [2.24, 2.45) is 5.92 Å². The summed E-state index contributed by atoms with van der Waals surface area (Å²) in [6, 6.07) is 3.04. The first-order valence-electron chi connectivity index (χ1n) is 7.84. The normalized spacial score (nSPS) is 25.9. The predicted octanol–water partition coefficient (Wildman–Crippen LogP) is 2.71. The topological polar surface area (TPSA) is 58.6 Å². The van der Waals surface area contributed by atoms with E-state index in [2.05, 4.69) is 12.2 Å². The second-order valence-corrected chi connectivity index (χ2v) is 6.32. The van der Waals surface area contributed by atoms with Crippen molar-refractivity contribution in [3.63, 3.8) is 0 Å². The molecule has 23 heavy (non-hydrogen) atoms. The fourth-order valence-corrected chi connectivity index (χ4v) is 3.08. The van der Waals surface area contributed by atoms with Crippen molar-refractivity contribution in [2.75, 3.05) is 13.7 Å². The molecule has 0 spiro atoms. The number of nitrogens with one attached hydrogen (secondary N) is 1. The molecule has 6 heteroatoms. The van der Waals surface area contributed by atoms with Gasteiger partial charge >= 0.3 is 5.97 Å². The molecule has 1 aliphatic rings. The Bertz CT molecular complexity index is 557. The largest absolute Gasteiger partial charge is 0.468 e. The molecule has 1 saturated carbocycles. The first kappa shape index (κ1) is 17.8. The number of aliphatic hydroxyl groups excluding tert-OH is 1. The molecule has 0 amide bonds. The van der Waals surface area contributed by atoms with Crippen LogP contribution in [0.1, 0.15) is 44.3 Å². The lowest BCUT2D eigenvalue weighted by molar-refractivity contribution is -0.150. The summed E-state index contributed by atoms with van der Waals surface area (Å²) in [5.74, 6) is -1.33. The van der Waals surface area contributed by atoms with Gasteiger partial charge in [0.1, 0.15) is 17.2 Å². The summed E-state index contributed by atoms with van der Waals surface area (Å²) in [5, 5.41) is 13.2. The molecule has 1 aromatic carbocycles. The summed E-state index contributed by atoms with van der Waals surface area (Å²) in [4.78, 5) is 12.2. The number of halogens is 2. The number of aliphatic hydroxyl groups is 1. The molecule has 0 heterocycles. The second kappa shape index (κ2) is 7.36. The van der Waals surface area contributed by atoms with Crippen molar-refractivity contribution in [2.45, 2.75) is 44.2 Å². The molecular formula is C17H23F2NO3. The van der Waals surface area contributed by atoms with E-state index >= 15 is 0 Å². The van der Waals surface area contributed by atoms with Gasteiger partial charge in [-0.25, -0.2) is 8.78 Å². The number of carbonyl (C=O) groups is 1. The van der Waals surface area contributed by atoms with Gasteiger partial charge in [0, 0.05) is 18.2 Å². The van der Waals surface area contributed by atoms with Crippen molar-refractivity contribution in [3.8, 4) is 0 Å². The summed E-state index contributed by atoms with van der Waals surface area (Å²) in [6.07, 6.45) is 1.81. The third-order valence-electron chi connectivity index (χ3n) is 4.66. The Morgan fingerprint density at radius 3 is 2.65 bits per heavy atom. The third-order valence-corrected chi connectivity index (χ3v) is 4.66. The van der Waals surface area contributed by atoms with Gasteiger partial charge in [0.15, 0.2) is 0 Å². The van der Waals surface area contributed by atoms with Crippen LogP contribution < -0.4 is 5.32 Å². The van der Waals surface area contributed by atoms with Gasteiger partial charge in [0.25, 0.3) is 0 Å². The fraction of sp³-hybridized carbons (Fsp3) is 0.588. The van der Waals surface area contributed by atoms with E-state index in [1.165, 1.54) is 13.2 Å². The Balaban J connectivity index is 2.07. The van der Waals surface area contributed by atoms with E-state index < -0.39 is 23.3 Å². The van der Waals surface area contributed by atoms with E-state index in [0.29, 0.717) is 18.8 Å². The van der Waals surface area contributed by atoms with Crippen molar-refractivity contribution in [1.82, 2.24) is 5.32 Å². The molecule has 1 aliphatic carbocycles. The summed E-state index contributed by atoms with van der Waals surface area (Å²) in [5.41, 5.74) is -0.846. The Labute approximate surface area is 134 Å². The van der Waals surface area contributed by atoms with Gasteiger partial charge in [-0.05, 0) is 37.7 Å². The minimum Gasteiger partial charge on any atom is -0.468 e. The zero-order valence-electron chi connectivity index (χ0n) is 13.4. The molecule has 0 bridgehead atoms. The zero-order chi connectivity index (χ0) is 17.0. The highest BCUT2D eigenvalue weighted by Crippen LogP contribution is 2.33. The number of benzene rings is 1. The minimum absolute atomic E-state index is 0.00286. The van der Waals surface area contributed by atoms with Gasteiger partial charge in [-0.2, -0.15) is 0 Å². The van der Waals surface area contributed by atoms with Gasteiger partial charge in [-0.15, -0.1) is 0 Å². The molecule has 1 unspecified atom stereocenters. The molecule has 1 aromatic rings. The fourth-order valence-electron chi connectivity index (χ4n) is 3.08. The van der Waals surface area contributed by atoms with Gasteiger partial charge in [-0.3, -0.25) is 10.1 Å². The number of esters is 1. The van der Waals surface area contributed by atoms with Crippen LogP contribution >= 0.6 is 0 Å². The number of methoxy groups -OCH3 is 1. The van der Waals surface area contributed by atoms with Crippen molar-refractivity contribution < 1.29 is 23.4 Å². The molecule has 0 aliphatic heterocycles. The van der Waals surface area contributed by atoms with E-state index in [4.69, 9.17) is 4.74 Å². The minimum atomic E-state index is -1.17. The second-order valence-electron chi connectivity index (χ2n) is 6.32. The van der Waals surface area contributed by atoms with E-state index in [0.717, 1.165) is 25.0 Å². The summed E-state index contributed by atoms with van der Waals surface area (Å²) in [7, 11) is 1.33. The van der Waals surface area contributed by atoms with Crippen molar-refractivity contribution in [3.05, 3.63) is 35.4 Å². The van der Waals surface area contributed by atoms with E-state index in [9.17, 15) is 18.7 Å². The average Bonchev–Trinajstić information content (AvgIpc) is 2.53. The van der Waals surface area contributed by atoms with Crippen LogP contribution in [0.5, 0.6) is 0 Å². The van der Waals surface area contributed by atoms with E-state index in [1.807, 2.05) is 0 Å². The molecule has 0 saturated heterocycles. The predicted molar refractivity (Wildman–Crippen MR) is 81.7 cm³/mol. The highest BCUT2D eigenvalue weighted by atomic mass is 19.1. The van der Waals surface area contributed by atoms with Crippen LogP contribution in [0.3, 0.4) is 0 Å². The van der Waals surface area contributed by atoms with Crippen LogP contribution in [0.2, 0.25) is 0 Å². The maximum atomic E-state index is 13.7. The molecular weight excluding hydrogens is 304 g/mol. The van der Waals surface area contributed by atoms with Gasteiger partial charge in [0.05, 0.1) is 13.2 Å². The maximum Gasteiger partial charge on any atom is 0.326 e. The Morgan fingerprint density at radius 2 is 2.09 bits per heavy atom. The highest BCUT2D eigenvalue weighted by Gasteiger charge is 2.42. The van der Waals surface area contributed by atoms with Crippen LogP contribution in [0.25, 0.3) is 0 Å².